The minimum Gasteiger partial charge on any atom is -0.462 e. The maximum absolute atomic E-state index is 12.0. The fourth-order valence-electron chi connectivity index (χ4n) is 1.60. The van der Waals surface area contributed by atoms with E-state index in [9.17, 15) is 9.59 Å². The maximum atomic E-state index is 12.0. The molecule has 0 aliphatic carbocycles. The van der Waals surface area contributed by atoms with Crippen LogP contribution in [0.15, 0.2) is 18.2 Å². The van der Waals surface area contributed by atoms with Crippen LogP contribution in [0.25, 0.3) is 0 Å². The molecule has 19 heavy (non-hydrogen) atoms. The second kappa shape index (κ2) is 7.56. The van der Waals surface area contributed by atoms with Gasteiger partial charge in [0.25, 0.3) is 0 Å². The van der Waals surface area contributed by atoms with Crippen LogP contribution >= 0.6 is 0 Å². The van der Waals surface area contributed by atoms with Crippen molar-refractivity contribution in [1.82, 2.24) is 0 Å². The highest BCUT2D eigenvalue weighted by atomic mass is 16.5. The molecule has 4 heteroatoms. The number of hydrogen-bond donors (Lipinski definition) is 0. The van der Waals surface area contributed by atoms with Crippen molar-refractivity contribution < 1.29 is 19.1 Å². The predicted octanol–water partition coefficient (Wildman–Crippen LogP) is 3.13. The lowest BCUT2D eigenvalue weighted by molar-refractivity contribution is 0.0463. The first-order chi connectivity index (χ1) is 9.10. The van der Waals surface area contributed by atoms with Crippen LogP contribution in [0.4, 0.5) is 0 Å². The molecular formula is C15H20O4. The third-order valence-corrected chi connectivity index (χ3v) is 2.62. The molecule has 0 aliphatic rings. The van der Waals surface area contributed by atoms with Gasteiger partial charge in [0, 0.05) is 0 Å². The summed E-state index contributed by atoms with van der Waals surface area (Å²) in [5, 5.41) is 0. The van der Waals surface area contributed by atoms with Gasteiger partial charge in [-0.05, 0) is 32.4 Å². The van der Waals surface area contributed by atoms with E-state index in [0.29, 0.717) is 6.61 Å². The number of carbonyl (C=O) groups is 2. The highest BCUT2D eigenvalue weighted by molar-refractivity contribution is 6.03. The van der Waals surface area contributed by atoms with Gasteiger partial charge in [0.1, 0.15) is 0 Å². The highest BCUT2D eigenvalue weighted by Crippen LogP contribution is 2.15. The summed E-state index contributed by atoms with van der Waals surface area (Å²) in [6.07, 6.45) is 1.76. The Balaban J connectivity index is 2.93. The van der Waals surface area contributed by atoms with Crippen molar-refractivity contribution in [3.8, 4) is 0 Å². The van der Waals surface area contributed by atoms with E-state index in [1.54, 1.807) is 25.1 Å². The van der Waals surface area contributed by atoms with Crippen molar-refractivity contribution in [3.63, 3.8) is 0 Å². The Morgan fingerprint density at radius 3 is 2.37 bits per heavy atom. The molecule has 1 aromatic rings. The molecule has 0 fully saturated rings. The SMILES string of the molecule is CCCCOC(=O)c1cc(C)ccc1C(=O)OCC. The molecule has 0 atom stereocenters. The van der Waals surface area contributed by atoms with Gasteiger partial charge in [0.05, 0.1) is 24.3 Å². The Bertz CT molecular complexity index is 451. The van der Waals surface area contributed by atoms with E-state index < -0.39 is 11.9 Å². The van der Waals surface area contributed by atoms with E-state index in [0.717, 1.165) is 18.4 Å². The van der Waals surface area contributed by atoms with Crippen LogP contribution in [0.5, 0.6) is 0 Å². The number of ether oxygens (including phenoxy) is 2. The minimum atomic E-state index is -0.495. The monoisotopic (exact) mass is 264 g/mol. The second-order valence-electron chi connectivity index (χ2n) is 4.26. The summed E-state index contributed by atoms with van der Waals surface area (Å²) in [5.41, 5.74) is 1.43. The Morgan fingerprint density at radius 1 is 1.05 bits per heavy atom. The number of hydrogen-bond acceptors (Lipinski definition) is 4. The first-order valence-corrected chi connectivity index (χ1v) is 6.55. The third-order valence-electron chi connectivity index (χ3n) is 2.62. The van der Waals surface area contributed by atoms with Gasteiger partial charge in [0.15, 0.2) is 0 Å². The van der Waals surface area contributed by atoms with Crippen molar-refractivity contribution in [3.05, 3.63) is 34.9 Å². The Hall–Kier alpha value is -1.84. The molecule has 1 aromatic carbocycles. The molecule has 0 saturated heterocycles. The fourth-order valence-corrected chi connectivity index (χ4v) is 1.60. The Kier molecular flexibility index (Phi) is 6.06. The van der Waals surface area contributed by atoms with E-state index in [1.807, 2.05) is 13.8 Å². The summed E-state index contributed by atoms with van der Waals surface area (Å²) in [6.45, 7) is 6.25. The molecule has 0 bridgehead atoms. The zero-order valence-corrected chi connectivity index (χ0v) is 11.7. The van der Waals surface area contributed by atoms with Gasteiger partial charge in [-0.3, -0.25) is 0 Å². The van der Waals surface area contributed by atoms with Crippen LogP contribution in [-0.2, 0) is 9.47 Å². The molecule has 0 aliphatic heterocycles. The predicted molar refractivity (Wildman–Crippen MR) is 72.3 cm³/mol. The lowest BCUT2D eigenvalue weighted by atomic mass is 10.0. The van der Waals surface area contributed by atoms with E-state index in [1.165, 1.54) is 0 Å². The van der Waals surface area contributed by atoms with E-state index >= 15 is 0 Å². The number of esters is 2. The third kappa shape index (κ3) is 4.39. The van der Waals surface area contributed by atoms with Crippen LogP contribution in [0.3, 0.4) is 0 Å². The number of carbonyl (C=O) groups excluding carboxylic acids is 2. The van der Waals surface area contributed by atoms with Crippen LogP contribution < -0.4 is 0 Å². The molecule has 0 amide bonds. The molecule has 0 radical (unpaired) electrons. The summed E-state index contributed by atoms with van der Waals surface area (Å²) in [6, 6.07) is 5.03. The second-order valence-corrected chi connectivity index (χ2v) is 4.26. The van der Waals surface area contributed by atoms with Gasteiger partial charge < -0.3 is 9.47 Å². The largest absolute Gasteiger partial charge is 0.462 e. The zero-order valence-electron chi connectivity index (χ0n) is 11.7. The van der Waals surface area contributed by atoms with Gasteiger partial charge in [0.2, 0.25) is 0 Å². The zero-order chi connectivity index (χ0) is 14.3. The Morgan fingerprint density at radius 2 is 1.74 bits per heavy atom. The molecule has 0 unspecified atom stereocenters. The molecule has 104 valence electrons. The van der Waals surface area contributed by atoms with Crippen molar-refractivity contribution in [2.45, 2.75) is 33.6 Å². The summed E-state index contributed by atoms with van der Waals surface area (Å²) in [5.74, 6) is -0.967. The average Bonchev–Trinajstić information content (AvgIpc) is 2.39. The number of aryl methyl sites for hydroxylation is 1. The number of benzene rings is 1. The summed E-state index contributed by atoms with van der Waals surface area (Å²) in [4.78, 5) is 23.8. The van der Waals surface area contributed by atoms with Gasteiger partial charge in [-0.25, -0.2) is 9.59 Å². The van der Waals surface area contributed by atoms with Gasteiger partial charge in [-0.15, -0.1) is 0 Å². The molecule has 0 aromatic heterocycles. The molecule has 0 heterocycles. The number of unbranched alkanes of at least 4 members (excludes halogenated alkanes) is 1. The van der Waals surface area contributed by atoms with Gasteiger partial charge in [-0.1, -0.05) is 25.0 Å². The summed E-state index contributed by atoms with van der Waals surface area (Å²) >= 11 is 0. The van der Waals surface area contributed by atoms with Crippen molar-refractivity contribution >= 4 is 11.9 Å². The molecular weight excluding hydrogens is 244 g/mol. The van der Waals surface area contributed by atoms with Gasteiger partial charge in [-0.2, -0.15) is 0 Å². The van der Waals surface area contributed by atoms with Crippen molar-refractivity contribution in [2.24, 2.45) is 0 Å². The van der Waals surface area contributed by atoms with Crippen LogP contribution in [0.2, 0.25) is 0 Å². The average molecular weight is 264 g/mol. The first kappa shape index (κ1) is 15.2. The molecule has 0 saturated carbocycles. The quantitative estimate of drug-likeness (QED) is 0.585. The molecule has 0 N–H and O–H groups in total. The van der Waals surface area contributed by atoms with E-state index in [4.69, 9.17) is 9.47 Å². The fraction of sp³-hybridized carbons (Fsp3) is 0.467. The van der Waals surface area contributed by atoms with Crippen LogP contribution in [0.1, 0.15) is 53.0 Å². The molecule has 4 nitrogen and oxygen atoms in total. The van der Waals surface area contributed by atoms with Crippen LogP contribution in [-0.4, -0.2) is 25.2 Å². The normalized spacial score (nSPS) is 10.1. The topological polar surface area (TPSA) is 52.6 Å². The maximum Gasteiger partial charge on any atom is 0.339 e. The smallest absolute Gasteiger partial charge is 0.339 e. The minimum absolute atomic E-state index is 0.258. The lowest BCUT2D eigenvalue weighted by Crippen LogP contribution is -2.14. The number of rotatable bonds is 6. The molecule has 1 rings (SSSR count). The van der Waals surface area contributed by atoms with Gasteiger partial charge >= 0.3 is 11.9 Å². The van der Waals surface area contributed by atoms with Crippen LogP contribution in [0, 0.1) is 6.92 Å². The Labute approximate surface area is 113 Å². The van der Waals surface area contributed by atoms with Crippen molar-refractivity contribution in [2.75, 3.05) is 13.2 Å². The summed E-state index contributed by atoms with van der Waals surface area (Å²) in [7, 11) is 0. The standard InChI is InChI=1S/C15H20O4/c1-4-6-9-19-15(17)13-10-11(3)7-8-12(13)14(16)18-5-2/h7-8,10H,4-6,9H2,1-3H3. The summed E-state index contributed by atoms with van der Waals surface area (Å²) < 4.78 is 10.1. The lowest BCUT2D eigenvalue weighted by Gasteiger charge is -2.09. The first-order valence-electron chi connectivity index (χ1n) is 6.55. The molecule has 0 spiro atoms. The highest BCUT2D eigenvalue weighted by Gasteiger charge is 2.19. The van der Waals surface area contributed by atoms with E-state index in [2.05, 4.69) is 0 Å². The van der Waals surface area contributed by atoms with E-state index in [-0.39, 0.29) is 17.7 Å². The van der Waals surface area contributed by atoms with Crippen molar-refractivity contribution in [1.29, 1.82) is 0 Å².